The van der Waals surface area contributed by atoms with E-state index in [1.54, 1.807) is 0 Å². The molecule has 0 aromatic rings. The average Bonchev–Trinajstić information content (AvgIpc) is 3.40. The van der Waals surface area contributed by atoms with Crippen LogP contribution in [0.25, 0.3) is 0 Å². The number of phosphoric ester groups is 1. The number of nitrogens with zero attached hydrogens (tertiary/aromatic N) is 1. The molecule has 0 radical (unpaired) electrons. The van der Waals surface area contributed by atoms with Crippen LogP contribution in [0.5, 0.6) is 0 Å². The maximum atomic E-state index is 13.6. The molecular weight excluding hydrogens is 988 g/mol. The number of rotatable bonds is 64. The Hall–Kier alpha value is -1.25. The Morgan fingerprint density at radius 3 is 1.05 bits per heavy atom. The van der Waals surface area contributed by atoms with Crippen molar-refractivity contribution in [2.75, 3.05) is 40.9 Å². The number of amides is 1. The lowest BCUT2D eigenvalue weighted by Gasteiger charge is -2.30. The third kappa shape index (κ3) is 59.4. The maximum Gasteiger partial charge on any atom is 0.306 e. The molecule has 1 N–H and O–H groups in total. The number of esters is 1. The number of phosphoric acid groups is 1. The minimum absolute atomic E-state index is 0.0165. The number of unbranched alkanes of at least 4 members (excludes halogenated alkanes) is 48. The van der Waals surface area contributed by atoms with E-state index in [1.165, 1.54) is 270 Å². The highest BCUT2D eigenvalue weighted by atomic mass is 31.2. The molecule has 0 saturated heterocycles. The van der Waals surface area contributed by atoms with Gasteiger partial charge in [0, 0.05) is 12.8 Å². The van der Waals surface area contributed by atoms with E-state index in [-0.39, 0.29) is 31.5 Å². The number of allylic oxidation sites excluding steroid dienone is 1. The van der Waals surface area contributed by atoms with Gasteiger partial charge in [0.05, 0.1) is 33.8 Å². The number of likely N-dealkylation sites (N-methyl/N-ethyl adjacent to an activating group) is 1. The number of carbonyl (C=O) groups excluding carboxylic acids is 2. The van der Waals surface area contributed by atoms with Gasteiger partial charge in [0.25, 0.3) is 7.82 Å². The Balaban J connectivity index is 5.05. The first-order valence-electron chi connectivity index (χ1n) is 34.5. The number of nitrogens with one attached hydrogen (secondary N) is 1. The summed E-state index contributed by atoms with van der Waals surface area (Å²) in [6.07, 6.45) is 69.0. The minimum Gasteiger partial charge on any atom is -0.756 e. The van der Waals surface area contributed by atoms with E-state index in [0.29, 0.717) is 17.4 Å². The van der Waals surface area contributed by atoms with Crippen molar-refractivity contribution in [3.05, 3.63) is 12.2 Å². The lowest BCUT2D eigenvalue weighted by atomic mass is 10.0. The van der Waals surface area contributed by atoms with Crippen molar-refractivity contribution < 1.29 is 37.3 Å². The lowest BCUT2D eigenvalue weighted by molar-refractivity contribution is -0.870. The molecule has 0 aliphatic carbocycles. The molecule has 0 aliphatic rings. The summed E-state index contributed by atoms with van der Waals surface area (Å²) in [6, 6.07) is -0.880. The summed E-state index contributed by atoms with van der Waals surface area (Å²) in [5.41, 5.74) is 0. The molecular formula is C68H135N2O7P. The van der Waals surface area contributed by atoms with Crippen LogP contribution in [0.2, 0.25) is 0 Å². The van der Waals surface area contributed by atoms with E-state index in [0.717, 1.165) is 57.8 Å². The largest absolute Gasteiger partial charge is 0.756 e. The van der Waals surface area contributed by atoms with E-state index in [9.17, 15) is 19.0 Å². The van der Waals surface area contributed by atoms with E-state index in [4.69, 9.17) is 13.8 Å². The fourth-order valence-corrected chi connectivity index (χ4v) is 11.4. The molecule has 1 amide bonds. The standard InChI is InChI=1S/C68H135N2O7P/c1-7-10-13-16-19-22-25-28-30-32-33-34-35-36-37-39-41-43-46-49-52-55-58-61-68(72)77-66(59-56-53-50-47-44-27-24-21-18-15-12-9-3)65(64-76-78(73,74)75-63-62-70(4,5)6)69-67(71)60-57-54-51-48-45-42-40-38-31-29-26-23-20-17-14-11-8-2/h56,59,65-66H,7-55,57-58,60-64H2,1-6H3,(H-,69,71,73,74)/b59-56-. The molecule has 78 heavy (non-hydrogen) atoms. The van der Waals surface area contributed by atoms with Gasteiger partial charge in [0.2, 0.25) is 5.91 Å². The highest BCUT2D eigenvalue weighted by Crippen LogP contribution is 2.38. The summed E-state index contributed by atoms with van der Waals surface area (Å²) in [4.78, 5) is 40.1. The van der Waals surface area contributed by atoms with Crippen LogP contribution >= 0.6 is 7.82 Å². The van der Waals surface area contributed by atoms with Crippen LogP contribution < -0.4 is 10.2 Å². The Kier molecular flexibility index (Phi) is 58.0. The normalized spacial score (nSPS) is 13.6. The molecule has 0 heterocycles. The monoisotopic (exact) mass is 1120 g/mol. The van der Waals surface area contributed by atoms with Gasteiger partial charge in [0.15, 0.2) is 0 Å². The number of hydrogen-bond donors (Lipinski definition) is 1. The van der Waals surface area contributed by atoms with Crippen LogP contribution in [-0.2, 0) is 27.9 Å². The fourth-order valence-electron chi connectivity index (χ4n) is 10.6. The quantitative estimate of drug-likeness (QED) is 0.0212. The fraction of sp³-hybridized carbons (Fsp3) is 0.941. The second-order valence-electron chi connectivity index (χ2n) is 25.1. The first kappa shape index (κ1) is 76.8. The third-order valence-corrected chi connectivity index (χ3v) is 16.9. The van der Waals surface area contributed by atoms with Crippen molar-refractivity contribution >= 4 is 19.7 Å². The zero-order valence-corrected chi connectivity index (χ0v) is 54.1. The summed E-state index contributed by atoms with van der Waals surface area (Å²) in [7, 11) is 1.21. The second kappa shape index (κ2) is 58.9. The van der Waals surface area contributed by atoms with Gasteiger partial charge in [-0.05, 0) is 31.8 Å². The summed E-state index contributed by atoms with van der Waals surface area (Å²) in [6.45, 7) is 6.92. The summed E-state index contributed by atoms with van der Waals surface area (Å²) in [5, 5.41) is 3.05. The van der Waals surface area contributed by atoms with Crippen LogP contribution in [0, 0.1) is 0 Å². The molecule has 10 heteroatoms. The molecule has 0 rings (SSSR count). The highest BCUT2D eigenvalue weighted by molar-refractivity contribution is 7.45. The summed E-state index contributed by atoms with van der Waals surface area (Å²) < 4.78 is 30.4. The summed E-state index contributed by atoms with van der Waals surface area (Å²) >= 11 is 0. The Bertz CT molecular complexity index is 1340. The van der Waals surface area contributed by atoms with Gasteiger partial charge < -0.3 is 28.5 Å². The number of hydrogen-bond acceptors (Lipinski definition) is 7. The third-order valence-electron chi connectivity index (χ3n) is 16.0. The molecule has 3 unspecified atom stereocenters. The molecule has 0 saturated carbocycles. The van der Waals surface area contributed by atoms with E-state index < -0.39 is 20.0 Å². The molecule has 0 bridgehead atoms. The number of ether oxygens (including phenoxy) is 1. The van der Waals surface area contributed by atoms with Crippen molar-refractivity contribution in [3.8, 4) is 0 Å². The van der Waals surface area contributed by atoms with Crippen LogP contribution in [0.4, 0.5) is 0 Å². The van der Waals surface area contributed by atoms with Crippen LogP contribution in [0.1, 0.15) is 361 Å². The van der Waals surface area contributed by atoms with Crippen molar-refractivity contribution in [2.24, 2.45) is 0 Å². The van der Waals surface area contributed by atoms with Gasteiger partial charge in [-0.1, -0.05) is 329 Å². The van der Waals surface area contributed by atoms with Gasteiger partial charge in [-0.15, -0.1) is 0 Å². The topological polar surface area (TPSA) is 114 Å². The Morgan fingerprint density at radius 1 is 0.436 bits per heavy atom. The van der Waals surface area contributed by atoms with E-state index >= 15 is 0 Å². The molecule has 0 aromatic carbocycles. The zero-order valence-electron chi connectivity index (χ0n) is 53.2. The molecule has 0 aromatic heterocycles. The van der Waals surface area contributed by atoms with E-state index in [1.807, 2.05) is 33.3 Å². The Labute approximate surface area is 486 Å². The number of quaternary nitrogens is 1. The summed E-state index contributed by atoms with van der Waals surface area (Å²) in [5.74, 6) is -0.515. The van der Waals surface area contributed by atoms with Crippen LogP contribution in [0.15, 0.2) is 12.2 Å². The molecule has 9 nitrogen and oxygen atoms in total. The number of carbonyl (C=O) groups is 2. The van der Waals surface area contributed by atoms with Crippen LogP contribution in [0.3, 0.4) is 0 Å². The zero-order chi connectivity index (χ0) is 57.2. The van der Waals surface area contributed by atoms with Crippen LogP contribution in [-0.4, -0.2) is 69.4 Å². The van der Waals surface area contributed by atoms with Gasteiger partial charge in [-0.25, -0.2) is 0 Å². The van der Waals surface area contributed by atoms with Crippen molar-refractivity contribution in [1.29, 1.82) is 0 Å². The first-order valence-corrected chi connectivity index (χ1v) is 36.0. The average molecular weight is 1120 g/mol. The Morgan fingerprint density at radius 2 is 0.731 bits per heavy atom. The minimum atomic E-state index is -4.69. The molecule has 3 atom stereocenters. The van der Waals surface area contributed by atoms with Gasteiger partial charge in [-0.3, -0.25) is 14.2 Å². The SMILES string of the molecule is CCCCCCCCCCCC/C=C\C(OC(=O)CCCCCCCCCCCCCCCCCCCCCCCCC)C(COP(=O)([O-])OCC[N+](C)(C)C)NC(=O)CCCCCCCCCCCCCCCCCCC. The molecule has 0 aliphatic heterocycles. The lowest BCUT2D eigenvalue weighted by Crippen LogP contribution is -2.47. The van der Waals surface area contributed by atoms with Crippen molar-refractivity contribution in [3.63, 3.8) is 0 Å². The van der Waals surface area contributed by atoms with Crippen molar-refractivity contribution in [2.45, 2.75) is 373 Å². The molecule has 0 spiro atoms. The van der Waals surface area contributed by atoms with Gasteiger partial charge >= 0.3 is 5.97 Å². The van der Waals surface area contributed by atoms with Crippen molar-refractivity contribution in [1.82, 2.24) is 5.32 Å². The second-order valence-corrected chi connectivity index (χ2v) is 26.5. The predicted molar refractivity (Wildman–Crippen MR) is 335 cm³/mol. The molecule has 464 valence electrons. The highest BCUT2D eigenvalue weighted by Gasteiger charge is 2.27. The maximum absolute atomic E-state index is 13.6. The van der Waals surface area contributed by atoms with Gasteiger partial charge in [0.1, 0.15) is 19.3 Å². The first-order chi connectivity index (χ1) is 37.9. The van der Waals surface area contributed by atoms with Gasteiger partial charge in [-0.2, -0.15) is 0 Å². The predicted octanol–water partition coefficient (Wildman–Crippen LogP) is 20.9. The van der Waals surface area contributed by atoms with E-state index in [2.05, 4.69) is 26.1 Å². The smallest absolute Gasteiger partial charge is 0.306 e. The molecule has 0 fully saturated rings.